The van der Waals surface area contributed by atoms with Gasteiger partial charge in [0.1, 0.15) is 0 Å². The van der Waals surface area contributed by atoms with Crippen molar-refractivity contribution in [3.8, 4) is 0 Å². The molecule has 0 fully saturated rings. The van der Waals surface area contributed by atoms with Crippen LogP contribution in [0, 0.1) is 6.92 Å². The molecule has 2 heterocycles. The van der Waals surface area contributed by atoms with Crippen LogP contribution in [0.3, 0.4) is 0 Å². The van der Waals surface area contributed by atoms with Crippen molar-refractivity contribution in [2.24, 2.45) is 0 Å². The second-order valence-electron chi connectivity index (χ2n) is 6.11. The Kier molecular flexibility index (Phi) is 4.62. The van der Waals surface area contributed by atoms with Crippen molar-refractivity contribution in [3.63, 3.8) is 0 Å². The van der Waals surface area contributed by atoms with Gasteiger partial charge in [-0.05, 0) is 55.2 Å². The van der Waals surface area contributed by atoms with E-state index >= 15 is 0 Å². The second kappa shape index (κ2) is 6.65. The Hall–Kier alpha value is -1.62. The van der Waals surface area contributed by atoms with Crippen molar-refractivity contribution in [1.29, 1.82) is 0 Å². The largest absolute Gasteiger partial charge is 0.341 e. The molecule has 0 bridgehead atoms. The van der Waals surface area contributed by atoms with Gasteiger partial charge in [0.2, 0.25) is 5.91 Å². The molecular formula is C17H23N3OS. The Morgan fingerprint density at radius 2 is 2.23 bits per heavy atom. The van der Waals surface area contributed by atoms with Crippen molar-refractivity contribution < 1.29 is 4.79 Å². The smallest absolute Gasteiger partial charge is 0.223 e. The minimum Gasteiger partial charge on any atom is -0.341 e. The lowest BCUT2D eigenvalue weighted by molar-refractivity contribution is -0.130. The molecule has 0 radical (unpaired) electrons. The first-order chi connectivity index (χ1) is 10.6. The van der Waals surface area contributed by atoms with Crippen LogP contribution in [0.4, 0.5) is 0 Å². The van der Waals surface area contributed by atoms with E-state index in [1.54, 1.807) is 11.3 Å². The van der Waals surface area contributed by atoms with Gasteiger partial charge in [-0.3, -0.25) is 9.89 Å². The lowest BCUT2D eigenvalue weighted by atomic mass is 9.94. The number of hydrogen-bond acceptors (Lipinski definition) is 3. The summed E-state index contributed by atoms with van der Waals surface area (Å²) < 4.78 is 0. The predicted molar refractivity (Wildman–Crippen MR) is 89.1 cm³/mol. The molecule has 118 valence electrons. The number of aryl methyl sites for hydroxylation is 3. The number of nitrogens with zero attached hydrogens (tertiary/aromatic N) is 2. The maximum Gasteiger partial charge on any atom is 0.223 e. The van der Waals surface area contributed by atoms with E-state index in [-0.39, 0.29) is 5.91 Å². The van der Waals surface area contributed by atoms with Crippen molar-refractivity contribution in [3.05, 3.63) is 38.8 Å². The number of rotatable bonds is 5. The van der Waals surface area contributed by atoms with Crippen molar-refractivity contribution in [1.82, 2.24) is 15.1 Å². The normalized spacial score (nSPS) is 13.9. The monoisotopic (exact) mass is 317 g/mol. The van der Waals surface area contributed by atoms with Crippen LogP contribution in [0.25, 0.3) is 0 Å². The van der Waals surface area contributed by atoms with Crippen LogP contribution in [0.1, 0.15) is 46.7 Å². The first kappa shape index (κ1) is 15.3. The number of thiophene rings is 1. The summed E-state index contributed by atoms with van der Waals surface area (Å²) >= 11 is 1.72. The third-order valence-corrected chi connectivity index (χ3v) is 5.50. The highest BCUT2D eigenvalue weighted by Crippen LogP contribution is 2.23. The van der Waals surface area contributed by atoms with E-state index in [2.05, 4.69) is 28.6 Å². The lowest BCUT2D eigenvalue weighted by Crippen LogP contribution is -2.26. The molecule has 0 saturated heterocycles. The van der Waals surface area contributed by atoms with Crippen LogP contribution in [0.15, 0.2) is 11.4 Å². The summed E-state index contributed by atoms with van der Waals surface area (Å²) in [5.74, 6) is 0.195. The van der Waals surface area contributed by atoms with E-state index in [0.717, 1.165) is 25.0 Å². The molecule has 1 N–H and O–H groups in total. The van der Waals surface area contributed by atoms with Crippen LogP contribution in [0.5, 0.6) is 0 Å². The molecule has 0 aliphatic heterocycles. The molecule has 4 nitrogen and oxygen atoms in total. The van der Waals surface area contributed by atoms with Crippen LogP contribution in [0.2, 0.25) is 0 Å². The second-order valence-corrected chi connectivity index (χ2v) is 7.11. The van der Waals surface area contributed by atoms with Crippen molar-refractivity contribution in [2.75, 3.05) is 7.05 Å². The van der Waals surface area contributed by atoms with Crippen LogP contribution >= 0.6 is 11.3 Å². The van der Waals surface area contributed by atoms with Gasteiger partial charge in [-0.15, -0.1) is 11.3 Å². The van der Waals surface area contributed by atoms with E-state index in [1.165, 1.54) is 34.5 Å². The molecular weight excluding hydrogens is 294 g/mol. The maximum absolute atomic E-state index is 12.3. The topological polar surface area (TPSA) is 49.0 Å². The molecule has 0 unspecified atom stereocenters. The number of carbonyl (C=O) groups is 1. The molecule has 1 aliphatic carbocycles. The predicted octanol–water partition coefficient (Wildman–Crippen LogP) is 3.25. The van der Waals surface area contributed by atoms with Gasteiger partial charge in [0.25, 0.3) is 0 Å². The average Bonchev–Trinajstić information content (AvgIpc) is 3.11. The SMILES string of the molecule is Cc1ccsc1CN(C)C(=O)CCc1n[nH]c2c1CCCC2. The first-order valence-corrected chi connectivity index (χ1v) is 8.85. The Bertz CT molecular complexity index is 659. The van der Waals surface area contributed by atoms with Gasteiger partial charge < -0.3 is 4.90 Å². The molecule has 0 aromatic carbocycles. The summed E-state index contributed by atoms with van der Waals surface area (Å²) in [5, 5.41) is 9.66. The number of fused-ring (bicyclic) bond motifs is 1. The fourth-order valence-corrected chi connectivity index (χ4v) is 4.00. The summed E-state index contributed by atoms with van der Waals surface area (Å²) in [6, 6.07) is 2.11. The number of amides is 1. The van der Waals surface area contributed by atoms with Gasteiger partial charge in [0.15, 0.2) is 0 Å². The molecule has 5 heteroatoms. The zero-order chi connectivity index (χ0) is 15.5. The Labute approximate surface area is 135 Å². The Morgan fingerprint density at radius 1 is 1.41 bits per heavy atom. The number of hydrogen-bond donors (Lipinski definition) is 1. The minimum absolute atomic E-state index is 0.195. The van der Waals surface area contributed by atoms with Crippen LogP contribution in [-0.4, -0.2) is 28.1 Å². The van der Waals surface area contributed by atoms with Gasteiger partial charge in [0.05, 0.1) is 12.2 Å². The molecule has 2 aromatic rings. The fourth-order valence-electron chi connectivity index (χ4n) is 3.04. The zero-order valence-electron chi connectivity index (χ0n) is 13.3. The number of aromatic nitrogens is 2. The van der Waals surface area contributed by atoms with E-state index in [0.29, 0.717) is 13.0 Å². The van der Waals surface area contributed by atoms with Gasteiger partial charge in [-0.1, -0.05) is 0 Å². The first-order valence-electron chi connectivity index (χ1n) is 7.97. The van der Waals surface area contributed by atoms with E-state index in [9.17, 15) is 4.79 Å². The van der Waals surface area contributed by atoms with Gasteiger partial charge in [-0.25, -0.2) is 0 Å². The molecule has 2 aromatic heterocycles. The summed E-state index contributed by atoms with van der Waals surface area (Å²) in [6.07, 6.45) is 5.99. The Morgan fingerprint density at radius 3 is 3.00 bits per heavy atom. The van der Waals surface area contributed by atoms with Crippen molar-refractivity contribution in [2.45, 2.75) is 52.0 Å². The third-order valence-electron chi connectivity index (χ3n) is 4.49. The number of nitrogens with one attached hydrogen (secondary N) is 1. The fraction of sp³-hybridized carbons (Fsp3) is 0.529. The number of aromatic amines is 1. The van der Waals surface area contributed by atoms with Gasteiger partial charge >= 0.3 is 0 Å². The lowest BCUT2D eigenvalue weighted by Gasteiger charge is -2.17. The average molecular weight is 317 g/mol. The molecule has 3 rings (SSSR count). The molecule has 1 amide bonds. The molecule has 1 aliphatic rings. The maximum atomic E-state index is 12.3. The standard InChI is InChI=1S/C17H23N3OS/c1-12-9-10-22-16(12)11-20(2)17(21)8-7-15-13-5-3-4-6-14(13)18-19-15/h9-10H,3-8,11H2,1-2H3,(H,18,19). The summed E-state index contributed by atoms with van der Waals surface area (Å²) in [4.78, 5) is 15.4. The highest BCUT2D eigenvalue weighted by Gasteiger charge is 2.18. The highest BCUT2D eigenvalue weighted by atomic mass is 32.1. The quantitative estimate of drug-likeness (QED) is 0.920. The van der Waals surface area contributed by atoms with Crippen LogP contribution < -0.4 is 0 Å². The van der Waals surface area contributed by atoms with Crippen molar-refractivity contribution >= 4 is 17.2 Å². The highest BCUT2D eigenvalue weighted by molar-refractivity contribution is 7.10. The number of carbonyl (C=O) groups excluding carboxylic acids is 1. The Balaban J connectivity index is 1.56. The van der Waals surface area contributed by atoms with E-state index < -0.39 is 0 Å². The summed E-state index contributed by atoms with van der Waals surface area (Å²) in [6.45, 7) is 2.81. The summed E-state index contributed by atoms with van der Waals surface area (Å²) in [5.41, 5.74) is 5.03. The minimum atomic E-state index is 0.195. The van der Waals surface area contributed by atoms with Gasteiger partial charge in [0, 0.05) is 30.5 Å². The zero-order valence-corrected chi connectivity index (χ0v) is 14.1. The van der Waals surface area contributed by atoms with Crippen LogP contribution in [-0.2, 0) is 30.6 Å². The third kappa shape index (κ3) is 3.24. The molecule has 0 saturated carbocycles. The van der Waals surface area contributed by atoms with Gasteiger partial charge in [-0.2, -0.15) is 5.10 Å². The summed E-state index contributed by atoms with van der Waals surface area (Å²) in [7, 11) is 1.89. The van der Waals surface area contributed by atoms with E-state index in [1.807, 2.05) is 11.9 Å². The molecule has 22 heavy (non-hydrogen) atoms. The van der Waals surface area contributed by atoms with E-state index in [4.69, 9.17) is 0 Å². The molecule has 0 atom stereocenters. The molecule has 0 spiro atoms. The number of H-pyrrole nitrogens is 1.